The van der Waals surface area contributed by atoms with E-state index in [0.717, 1.165) is 46.0 Å². The van der Waals surface area contributed by atoms with Gasteiger partial charge >= 0.3 is 11.9 Å². The molecule has 0 fully saturated rings. The summed E-state index contributed by atoms with van der Waals surface area (Å²) in [5.41, 5.74) is 0. The molecular formula is C40H71N11O19. The molecule has 0 saturated heterocycles. The van der Waals surface area contributed by atoms with Crippen molar-refractivity contribution in [2.24, 2.45) is 10.6 Å². The molecule has 400 valence electrons. The van der Waals surface area contributed by atoms with Gasteiger partial charge in [-0.05, 0) is 33.1 Å². The van der Waals surface area contributed by atoms with Crippen LogP contribution in [-0.4, -0.2) is 185 Å². The fourth-order valence-corrected chi connectivity index (χ4v) is 6.44. The Hall–Kier alpha value is -6.53. The fraction of sp³-hybridized carbons (Fsp3) is 0.775. The first-order valence-corrected chi connectivity index (χ1v) is 22.8. The molecule has 0 rings (SSSR count). The summed E-state index contributed by atoms with van der Waals surface area (Å²) < 4.78 is 0. The number of hydrogen-bond donors (Lipinski definition) is 15. The van der Waals surface area contributed by atoms with Gasteiger partial charge in [0.15, 0.2) is 29.7 Å². The zero-order valence-electron chi connectivity index (χ0n) is 39.5. The van der Waals surface area contributed by atoms with E-state index >= 15 is 0 Å². The van der Waals surface area contributed by atoms with Gasteiger partial charge in [-0.25, -0.2) is 9.59 Å². The number of unbranched alkanes of at least 4 members (excludes halogenated alkanes) is 8. The third kappa shape index (κ3) is 26.9. The molecule has 0 spiro atoms. The first-order chi connectivity index (χ1) is 33.0. The van der Waals surface area contributed by atoms with Crippen molar-refractivity contribution in [2.45, 2.75) is 172 Å². The Morgan fingerprint density at radius 3 is 1.53 bits per heavy atom. The van der Waals surface area contributed by atoms with Crippen LogP contribution in [0.5, 0.6) is 0 Å². The van der Waals surface area contributed by atoms with Crippen LogP contribution < -0.4 is 37.2 Å². The van der Waals surface area contributed by atoms with E-state index < -0.39 is 141 Å². The molecule has 0 saturated carbocycles. The van der Waals surface area contributed by atoms with Crippen molar-refractivity contribution >= 4 is 53.3 Å². The molecule has 0 radical (unpaired) electrons. The van der Waals surface area contributed by atoms with E-state index in [2.05, 4.69) is 38.7 Å². The second-order valence-electron chi connectivity index (χ2n) is 16.4. The summed E-state index contributed by atoms with van der Waals surface area (Å²) in [6, 6.07) is -11.2. The van der Waals surface area contributed by atoms with Crippen LogP contribution in [0.4, 0.5) is 0 Å². The Balaban J connectivity index is 5.77. The van der Waals surface area contributed by atoms with E-state index in [-0.39, 0.29) is 35.4 Å². The predicted octanol–water partition coefficient (Wildman–Crippen LogP) is -3.13. The van der Waals surface area contributed by atoms with Gasteiger partial charge in [0.25, 0.3) is 0 Å². The van der Waals surface area contributed by atoms with Crippen molar-refractivity contribution in [1.82, 2.24) is 37.2 Å². The normalized spacial score (nSPS) is 15.5. The molecule has 9 atom stereocenters. The van der Waals surface area contributed by atoms with Crippen LogP contribution in [0.1, 0.15) is 117 Å². The van der Waals surface area contributed by atoms with Crippen LogP contribution >= 0.6 is 0 Å². The minimum absolute atomic E-state index is 0.134. The summed E-state index contributed by atoms with van der Waals surface area (Å²) in [6.07, 6.45) is 2.75. The van der Waals surface area contributed by atoms with Gasteiger partial charge in [0.1, 0.15) is 36.3 Å². The van der Waals surface area contributed by atoms with Gasteiger partial charge < -0.3 is 88.7 Å². The van der Waals surface area contributed by atoms with Crippen LogP contribution in [0, 0.1) is 10.4 Å². The van der Waals surface area contributed by atoms with Crippen LogP contribution in [-0.2, 0) is 43.2 Å². The number of carboxylic acid groups (broad SMARTS) is 2. The molecule has 15 N–H and O–H groups in total. The highest BCUT2D eigenvalue weighted by atomic mass is 16.6. The monoisotopic (exact) mass is 1010 g/mol. The minimum atomic E-state index is -2.66. The number of nitrogens with one attached hydrogen (secondary N) is 7. The summed E-state index contributed by atoms with van der Waals surface area (Å²) in [5.74, 6) is -12.0. The number of rotatable bonds is 38. The lowest BCUT2D eigenvalue weighted by atomic mass is 10.0. The van der Waals surface area contributed by atoms with Crippen LogP contribution in [0.15, 0.2) is 10.6 Å². The van der Waals surface area contributed by atoms with Gasteiger partial charge in [-0.1, -0.05) is 74.4 Å². The number of carboxylic acids is 2. The first-order valence-electron chi connectivity index (χ1n) is 22.8. The van der Waals surface area contributed by atoms with E-state index in [1.165, 1.54) is 19.3 Å². The summed E-state index contributed by atoms with van der Waals surface area (Å²) in [7, 11) is 0. The summed E-state index contributed by atoms with van der Waals surface area (Å²) >= 11 is 0. The predicted molar refractivity (Wildman–Crippen MR) is 237 cm³/mol. The van der Waals surface area contributed by atoms with Crippen molar-refractivity contribution in [2.75, 3.05) is 26.2 Å². The lowest BCUT2D eigenvalue weighted by Gasteiger charge is -2.28. The maximum absolute atomic E-state index is 13.5. The number of carbonyl (C=O) groups excluding carboxylic acids is 7. The molecule has 0 heterocycles. The van der Waals surface area contributed by atoms with E-state index in [0.29, 0.717) is 12.8 Å². The van der Waals surface area contributed by atoms with Gasteiger partial charge in [0.2, 0.25) is 41.4 Å². The molecule has 0 unspecified atom stereocenters. The maximum atomic E-state index is 13.5. The molecule has 0 aromatic rings. The molecule has 0 bridgehead atoms. The average molecular weight is 1010 g/mol. The third-order valence-corrected chi connectivity index (χ3v) is 10.4. The molecule has 30 heteroatoms. The Morgan fingerprint density at radius 1 is 0.543 bits per heavy atom. The first kappa shape index (κ1) is 63.5. The third-order valence-electron chi connectivity index (χ3n) is 10.4. The molecule has 0 aromatic carbocycles. The Morgan fingerprint density at radius 2 is 1.03 bits per heavy atom. The molecular weight excluding hydrogens is 938 g/mol. The minimum Gasteiger partial charge on any atom is -0.597 e. The molecule has 0 aromatic heterocycles. The smallest absolute Gasteiger partial charge is 0.335 e. The zero-order valence-corrected chi connectivity index (χ0v) is 39.5. The Bertz CT molecular complexity index is 1760. The quantitative estimate of drug-likeness (QED) is 0.0126. The van der Waals surface area contributed by atoms with Gasteiger partial charge in [-0.3, -0.25) is 33.6 Å². The summed E-state index contributed by atoms with van der Waals surface area (Å²) in [5, 5.41) is 119. The SMILES string of the molecule is CCCCCCCCCCC[C@@H](O)CC(=O)NCC(=O)N[C@@H](C(=O)N[C@@H](CO)C(=O)N[C@@H](C(=O)N[C@H](CCC[N+]([O-])=NO)C(=O)N[C@@H](C)C(=O)N[C@H](CCC[N+]([O-])=NO)C(=O)O)[C@@H](C)O)[C@@H](O)C(=O)O. The molecule has 0 aliphatic carbocycles. The highest BCUT2D eigenvalue weighted by Crippen LogP contribution is 2.13. The molecule has 7 amide bonds. The van der Waals surface area contributed by atoms with Crippen molar-refractivity contribution < 1.29 is 93.9 Å². The van der Waals surface area contributed by atoms with Gasteiger partial charge in [0, 0.05) is 12.8 Å². The Kier molecular flexibility index (Phi) is 32.2. The number of aliphatic hydroxyl groups is 4. The zero-order chi connectivity index (χ0) is 53.3. The number of aliphatic carboxylic acids is 2. The van der Waals surface area contributed by atoms with Crippen molar-refractivity contribution in [1.29, 1.82) is 0 Å². The largest absolute Gasteiger partial charge is 0.597 e. The van der Waals surface area contributed by atoms with E-state index in [1.807, 2.05) is 16.0 Å². The summed E-state index contributed by atoms with van der Waals surface area (Å²) in [4.78, 5) is 114. The molecule has 0 aliphatic rings. The van der Waals surface area contributed by atoms with E-state index in [1.54, 1.807) is 0 Å². The number of aliphatic hydroxyl groups excluding tert-OH is 4. The van der Waals surface area contributed by atoms with Crippen molar-refractivity contribution in [3.63, 3.8) is 0 Å². The lowest BCUT2D eigenvalue weighted by Crippen LogP contribution is -2.63. The second kappa shape index (κ2) is 35.6. The summed E-state index contributed by atoms with van der Waals surface area (Å²) in [6.45, 7) is 1.18. The van der Waals surface area contributed by atoms with Crippen LogP contribution in [0.3, 0.4) is 0 Å². The van der Waals surface area contributed by atoms with Gasteiger partial charge in [0.05, 0.1) is 31.8 Å². The number of nitrogens with zero attached hydrogens (tertiary/aromatic N) is 4. The number of carbonyl (C=O) groups is 9. The lowest BCUT2D eigenvalue weighted by molar-refractivity contribution is -0.556. The Labute approximate surface area is 402 Å². The number of hydrogen-bond acceptors (Lipinski definition) is 17. The van der Waals surface area contributed by atoms with E-state index in [4.69, 9.17) is 10.4 Å². The van der Waals surface area contributed by atoms with Gasteiger partial charge in [-0.2, -0.15) is 0 Å². The molecule has 70 heavy (non-hydrogen) atoms. The van der Waals surface area contributed by atoms with Gasteiger partial charge in [-0.15, -0.1) is 0 Å². The highest BCUT2D eigenvalue weighted by molar-refractivity contribution is 5.98. The molecule has 0 aliphatic heterocycles. The number of amides is 7. The van der Waals surface area contributed by atoms with Crippen LogP contribution in [0.2, 0.25) is 0 Å². The van der Waals surface area contributed by atoms with E-state index in [9.17, 15) is 84.2 Å². The highest BCUT2D eigenvalue weighted by Gasteiger charge is 2.38. The van der Waals surface area contributed by atoms with Crippen molar-refractivity contribution in [3.8, 4) is 0 Å². The second-order valence-corrected chi connectivity index (χ2v) is 16.4. The maximum Gasteiger partial charge on any atom is 0.335 e. The van der Waals surface area contributed by atoms with Crippen LogP contribution in [0.25, 0.3) is 0 Å². The fourth-order valence-electron chi connectivity index (χ4n) is 6.44. The molecule has 30 nitrogen and oxygen atoms in total. The van der Waals surface area contributed by atoms with Crippen molar-refractivity contribution in [3.05, 3.63) is 10.4 Å². The topological polar surface area (TPSA) is 477 Å². The average Bonchev–Trinajstić information content (AvgIpc) is 3.31. The number of hydroxylamine groups is 2. The standard InChI is InChI=1S/C40H71N11O19/c1-4-5-6-7-8-9-10-11-12-15-25(54)20-29(55)41-21-30(56)46-32(33(57)40(65)66)38(62)45-28(22-52)36(60)47-31(24(3)53)37(61)43-26(16-13-18-50(69)48-67)35(59)42-23(2)34(58)44-27(39(63)64)17-14-19-51(70)49-68/h23-28,31-33,52-54,57,67-68H,4-22H2,1-3H3,(H,41,55)(H,42,59)(H,43,61)(H,44,58)(H,45,62)(H,46,56)(H,47,60)(H,63,64)(H,65,66)/t23-,24+,25+,26+,27+,28-,31+,32+,33+/m0/s1.